The Bertz CT molecular complexity index is 439. The second-order valence-electron chi connectivity index (χ2n) is 4.71. The summed E-state index contributed by atoms with van der Waals surface area (Å²) < 4.78 is 5.43. The van der Waals surface area contributed by atoms with E-state index in [1.165, 1.54) is 12.8 Å². The van der Waals surface area contributed by atoms with Crippen LogP contribution >= 0.6 is 11.8 Å². The molecule has 1 aliphatic carbocycles. The topological polar surface area (TPSA) is 64.3 Å². The highest BCUT2D eigenvalue weighted by molar-refractivity contribution is 7.99. The van der Waals surface area contributed by atoms with Gasteiger partial charge in [-0.15, -0.1) is 0 Å². The zero-order valence-electron chi connectivity index (χ0n) is 11.1. The van der Waals surface area contributed by atoms with Crippen LogP contribution in [0, 0.1) is 0 Å². The van der Waals surface area contributed by atoms with E-state index in [0.29, 0.717) is 16.7 Å². The molecule has 0 aliphatic heterocycles. The van der Waals surface area contributed by atoms with E-state index in [4.69, 9.17) is 10.5 Å². The van der Waals surface area contributed by atoms with Crippen LogP contribution in [0.3, 0.4) is 0 Å². The van der Waals surface area contributed by atoms with Crippen molar-refractivity contribution in [1.82, 2.24) is 5.32 Å². The first-order valence-electron chi connectivity index (χ1n) is 6.50. The van der Waals surface area contributed by atoms with E-state index in [1.807, 2.05) is 23.9 Å². The molecule has 0 aromatic heterocycles. The number of benzene rings is 1. The van der Waals surface area contributed by atoms with Crippen molar-refractivity contribution in [2.24, 2.45) is 0 Å². The van der Waals surface area contributed by atoms with E-state index in [9.17, 15) is 4.79 Å². The first-order chi connectivity index (χ1) is 9.20. The fourth-order valence-electron chi connectivity index (χ4n) is 2.38. The van der Waals surface area contributed by atoms with Crippen LogP contribution in [-0.2, 0) is 4.79 Å². The summed E-state index contributed by atoms with van der Waals surface area (Å²) in [6, 6.07) is 7.48. The predicted molar refractivity (Wildman–Crippen MR) is 79.4 cm³/mol. The van der Waals surface area contributed by atoms with Crippen molar-refractivity contribution in [3.05, 3.63) is 24.3 Å². The van der Waals surface area contributed by atoms with Crippen molar-refractivity contribution in [3.63, 3.8) is 0 Å². The molecule has 0 saturated heterocycles. The smallest absolute Gasteiger partial charge is 0.258 e. The fourth-order valence-corrected chi connectivity index (χ4v) is 3.31. The number of ether oxygens (including phenoxy) is 1. The van der Waals surface area contributed by atoms with E-state index in [-0.39, 0.29) is 18.6 Å². The Morgan fingerprint density at radius 2 is 2.26 bits per heavy atom. The largest absolute Gasteiger partial charge is 0.482 e. The quantitative estimate of drug-likeness (QED) is 0.810. The molecule has 3 N–H and O–H groups in total. The molecule has 2 atom stereocenters. The molecule has 1 aromatic carbocycles. The lowest BCUT2D eigenvalue weighted by atomic mass is 10.2. The molecular formula is C14H20N2O2S. The maximum Gasteiger partial charge on any atom is 0.258 e. The van der Waals surface area contributed by atoms with Crippen molar-refractivity contribution < 1.29 is 9.53 Å². The zero-order chi connectivity index (χ0) is 13.7. The van der Waals surface area contributed by atoms with Gasteiger partial charge in [0.1, 0.15) is 5.75 Å². The summed E-state index contributed by atoms with van der Waals surface area (Å²) in [4.78, 5) is 11.9. The normalized spacial score (nSPS) is 22.2. The van der Waals surface area contributed by atoms with Gasteiger partial charge in [-0.05, 0) is 31.2 Å². The lowest BCUT2D eigenvalue weighted by molar-refractivity contribution is -0.123. The second kappa shape index (κ2) is 6.70. The second-order valence-corrected chi connectivity index (χ2v) is 5.78. The van der Waals surface area contributed by atoms with Gasteiger partial charge in [-0.25, -0.2) is 0 Å². The number of carbonyl (C=O) groups is 1. The highest BCUT2D eigenvalue weighted by Crippen LogP contribution is 2.28. The maximum atomic E-state index is 11.9. The van der Waals surface area contributed by atoms with E-state index in [2.05, 4.69) is 11.6 Å². The zero-order valence-corrected chi connectivity index (χ0v) is 11.9. The molecule has 104 valence electrons. The fraction of sp³-hybridized carbons (Fsp3) is 0.500. The highest BCUT2D eigenvalue weighted by atomic mass is 32.2. The summed E-state index contributed by atoms with van der Waals surface area (Å²) in [6.45, 7) is 0.0197. The first kappa shape index (κ1) is 14.1. The van der Waals surface area contributed by atoms with Crippen molar-refractivity contribution in [1.29, 1.82) is 0 Å². The van der Waals surface area contributed by atoms with Gasteiger partial charge < -0.3 is 15.8 Å². The van der Waals surface area contributed by atoms with E-state index in [0.717, 1.165) is 6.42 Å². The molecule has 1 saturated carbocycles. The van der Waals surface area contributed by atoms with Crippen LogP contribution in [-0.4, -0.2) is 30.1 Å². The number of nitrogens with one attached hydrogen (secondary N) is 1. The number of para-hydroxylation sites is 2. The Morgan fingerprint density at radius 3 is 3.00 bits per heavy atom. The predicted octanol–water partition coefficient (Wildman–Crippen LogP) is 2.05. The number of amides is 1. The Kier molecular flexibility index (Phi) is 4.96. The third-order valence-electron chi connectivity index (χ3n) is 3.38. The number of nitrogen functional groups attached to an aromatic ring is 1. The highest BCUT2D eigenvalue weighted by Gasteiger charge is 2.27. The summed E-state index contributed by atoms with van der Waals surface area (Å²) in [6.07, 6.45) is 5.52. The molecule has 1 amide bonds. The number of rotatable bonds is 5. The molecule has 4 nitrogen and oxygen atoms in total. The van der Waals surface area contributed by atoms with Gasteiger partial charge in [0, 0.05) is 11.3 Å². The molecular weight excluding hydrogens is 260 g/mol. The first-order valence-corrected chi connectivity index (χ1v) is 7.79. The lowest BCUT2D eigenvalue weighted by Crippen LogP contribution is -2.41. The molecule has 1 aliphatic rings. The summed E-state index contributed by atoms with van der Waals surface area (Å²) in [5.74, 6) is 0.486. The molecule has 0 bridgehead atoms. The minimum absolute atomic E-state index is 0.0197. The van der Waals surface area contributed by atoms with Gasteiger partial charge in [-0.2, -0.15) is 11.8 Å². The van der Waals surface area contributed by atoms with Crippen molar-refractivity contribution in [2.75, 3.05) is 18.6 Å². The molecule has 0 radical (unpaired) electrons. The van der Waals surface area contributed by atoms with Crippen LogP contribution in [0.15, 0.2) is 24.3 Å². The molecule has 2 unspecified atom stereocenters. The number of nitrogens with two attached hydrogens (primary N) is 1. The summed E-state index contributed by atoms with van der Waals surface area (Å²) >= 11 is 1.82. The van der Waals surface area contributed by atoms with E-state index < -0.39 is 0 Å². The average Bonchev–Trinajstić information content (AvgIpc) is 2.85. The standard InChI is InChI=1S/C14H20N2O2S/c1-19-13-8-4-6-11(13)16-14(17)9-18-12-7-3-2-5-10(12)15/h2-3,5,7,11,13H,4,6,8-9,15H2,1H3,(H,16,17). The van der Waals surface area contributed by atoms with Gasteiger partial charge in [0.2, 0.25) is 0 Å². The van der Waals surface area contributed by atoms with Crippen molar-refractivity contribution in [3.8, 4) is 5.75 Å². The third kappa shape index (κ3) is 3.80. The SMILES string of the molecule is CSC1CCCC1NC(=O)COc1ccccc1N. The number of anilines is 1. The monoisotopic (exact) mass is 280 g/mol. The molecule has 5 heteroatoms. The van der Waals surface area contributed by atoms with Gasteiger partial charge >= 0.3 is 0 Å². The minimum Gasteiger partial charge on any atom is -0.482 e. The Morgan fingerprint density at radius 1 is 1.47 bits per heavy atom. The van der Waals surface area contributed by atoms with Gasteiger partial charge in [0.05, 0.1) is 5.69 Å². The number of carbonyl (C=O) groups excluding carboxylic acids is 1. The van der Waals surface area contributed by atoms with E-state index >= 15 is 0 Å². The Balaban J connectivity index is 1.80. The van der Waals surface area contributed by atoms with Gasteiger partial charge in [0.15, 0.2) is 6.61 Å². The summed E-state index contributed by atoms with van der Waals surface area (Å²) in [5, 5.41) is 3.58. The number of hydrogen-bond acceptors (Lipinski definition) is 4. The third-order valence-corrected chi connectivity index (χ3v) is 4.55. The maximum absolute atomic E-state index is 11.9. The van der Waals surface area contributed by atoms with Crippen LogP contribution in [0.5, 0.6) is 5.75 Å². The number of thioether (sulfide) groups is 1. The van der Waals surface area contributed by atoms with Crippen LogP contribution in [0.1, 0.15) is 19.3 Å². The van der Waals surface area contributed by atoms with Crippen molar-refractivity contribution >= 4 is 23.4 Å². The van der Waals surface area contributed by atoms with Gasteiger partial charge in [-0.3, -0.25) is 4.79 Å². The van der Waals surface area contributed by atoms with Gasteiger partial charge in [0.25, 0.3) is 5.91 Å². The molecule has 19 heavy (non-hydrogen) atoms. The van der Waals surface area contributed by atoms with Crippen LogP contribution in [0.2, 0.25) is 0 Å². The molecule has 0 spiro atoms. The Hall–Kier alpha value is -1.36. The average molecular weight is 280 g/mol. The van der Waals surface area contributed by atoms with Crippen LogP contribution in [0.4, 0.5) is 5.69 Å². The Labute approximate surface area is 118 Å². The number of hydrogen-bond donors (Lipinski definition) is 2. The van der Waals surface area contributed by atoms with Crippen LogP contribution < -0.4 is 15.8 Å². The summed E-state index contributed by atoms with van der Waals surface area (Å²) in [5.41, 5.74) is 6.31. The van der Waals surface area contributed by atoms with E-state index in [1.54, 1.807) is 12.1 Å². The lowest BCUT2D eigenvalue weighted by Gasteiger charge is -2.19. The minimum atomic E-state index is -0.0748. The molecule has 1 fully saturated rings. The van der Waals surface area contributed by atoms with Crippen LogP contribution in [0.25, 0.3) is 0 Å². The van der Waals surface area contributed by atoms with Gasteiger partial charge in [-0.1, -0.05) is 18.6 Å². The molecule has 1 aromatic rings. The summed E-state index contributed by atoms with van der Waals surface area (Å²) in [7, 11) is 0. The van der Waals surface area contributed by atoms with Crippen molar-refractivity contribution in [2.45, 2.75) is 30.6 Å². The molecule has 2 rings (SSSR count). The molecule has 0 heterocycles.